The molecule has 1 N–H and O–H groups in total. The van der Waals surface area contributed by atoms with Crippen LogP contribution >= 0.6 is 0 Å². The van der Waals surface area contributed by atoms with Crippen LogP contribution in [-0.4, -0.2) is 25.0 Å². The highest BCUT2D eigenvalue weighted by molar-refractivity contribution is 5.77. The van der Waals surface area contributed by atoms with Gasteiger partial charge in [0.1, 0.15) is 0 Å². The zero-order chi connectivity index (χ0) is 11.7. The molecule has 86 valence electrons. The van der Waals surface area contributed by atoms with Crippen LogP contribution in [0, 0.1) is 0 Å². The van der Waals surface area contributed by atoms with Gasteiger partial charge in [-0.3, -0.25) is 9.59 Å². The first-order valence-electron chi connectivity index (χ1n) is 4.65. The minimum Gasteiger partial charge on any atom is -0.469 e. The van der Waals surface area contributed by atoms with Crippen molar-refractivity contribution in [2.24, 2.45) is 0 Å². The van der Waals surface area contributed by atoms with Crippen molar-refractivity contribution in [3.05, 3.63) is 0 Å². The number of hydrogen-bond donors (Lipinski definition) is 1. The van der Waals surface area contributed by atoms with Crippen LogP contribution in [0.5, 0.6) is 0 Å². The summed E-state index contributed by atoms with van der Waals surface area (Å²) in [4.78, 5) is 36.7. The molecule has 0 bridgehead atoms. The first kappa shape index (κ1) is 13.4. The van der Waals surface area contributed by atoms with Gasteiger partial charge in [-0.25, -0.2) is 4.79 Å². The predicted octanol–water partition coefficient (Wildman–Crippen LogP) is 0.314. The van der Waals surface area contributed by atoms with E-state index in [0.717, 1.165) is 0 Å². The van der Waals surface area contributed by atoms with E-state index in [1.807, 2.05) is 5.48 Å². The highest BCUT2D eigenvalue weighted by Crippen LogP contribution is 1.98. The number of esters is 1. The van der Waals surface area contributed by atoms with Crippen molar-refractivity contribution in [2.45, 2.75) is 32.6 Å². The Kier molecular flexibility index (Phi) is 6.96. The fourth-order valence-electron chi connectivity index (χ4n) is 0.716. The maximum Gasteiger partial charge on any atom is 0.332 e. The summed E-state index contributed by atoms with van der Waals surface area (Å²) in [5.41, 5.74) is 1.98. The molecule has 0 aromatic heterocycles. The summed E-state index contributed by atoms with van der Waals surface area (Å²) in [5.74, 6) is -1.31. The first-order valence-corrected chi connectivity index (χ1v) is 4.65. The van der Waals surface area contributed by atoms with Gasteiger partial charge in [-0.05, 0) is 6.42 Å². The summed E-state index contributed by atoms with van der Waals surface area (Å²) in [6.45, 7) is 1.64. The minimum absolute atomic E-state index is 0.0685. The average Bonchev–Trinajstić information content (AvgIpc) is 2.25. The summed E-state index contributed by atoms with van der Waals surface area (Å²) >= 11 is 0. The van der Waals surface area contributed by atoms with Gasteiger partial charge in [0.2, 0.25) is 0 Å². The number of hydroxylamine groups is 1. The number of hydrogen-bond acceptors (Lipinski definition) is 5. The highest BCUT2D eigenvalue weighted by atomic mass is 16.7. The normalized spacial score (nSPS) is 9.20. The van der Waals surface area contributed by atoms with E-state index in [4.69, 9.17) is 0 Å². The second-order valence-corrected chi connectivity index (χ2v) is 2.78. The molecular weight excluding hydrogens is 202 g/mol. The Bertz CT molecular complexity index is 239. The van der Waals surface area contributed by atoms with E-state index in [-0.39, 0.29) is 31.1 Å². The SMILES string of the molecule is CCC(=O)NOC(=O)CCCC(=O)OC. The van der Waals surface area contributed by atoms with Crippen molar-refractivity contribution in [3.8, 4) is 0 Å². The van der Waals surface area contributed by atoms with Gasteiger partial charge >= 0.3 is 11.9 Å². The maximum atomic E-state index is 10.9. The number of rotatable bonds is 5. The predicted molar refractivity (Wildman–Crippen MR) is 50.4 cm³/mol. The second-order valence-electron chi connectivity index (χ2n) is 2.78. The maximum absolute atomic E-state index is 10.9. The Labute approximate surface area is 87.9 Å². The zero-order valence-corrected chi connectivity index (χ0v) is 8.87. The van der Waals surface area contributed by atoms with E-state index in [1.165, 1.54) is 7.11 Å². The molecule has 1 amide bonds. The lowest BCUT2D eigenvalue weighted by molar-refractivity contribution is -0.158. The minimum atomic E-state index is -0.569. The molecule has 0 aliphatic carbocycles. The Morgan fingerprint density at radius 1 is 1.13 bits per heavy atom. The van der Waals surface area contributed by atoms with Crippen LogP contribution in [0.3, 0.4) is 0 Å². The van der Waals surface area contributed by atoms with E-state index in [9.17, 15) is 14.4 Å². The van der Waals surface area contributed by atoms with Gasteiger partial charge in [0.05, 0.1) is 7.11 Å². The molecule has 0 aromatic rings. The van der Waals surface area contributed by atoms with E-state index in [0.29, 0.717) is 6.42 Å². The molecule has 15 heavy (non-hydrogen) atoms. The van der Waals surface area contributed by atoms with Crippen LogP contribution in [0.2, 0.25) is 0 Å². The van der Waals surface area contributed by atoms with Gasteiger partial charge in [-0.15, -0.1) is 0 Å². The summed E-state index contributed by atoms with van der Waals surface area (Å²) in [6.07, 6.45) is 0.815. The summed E-state index contributed by atoms with van der Waals surface area (Å²) in [6, 6.07) is 0. The molecule has 0 aliphatic heterocycles. The van der Waals surface area contributed by atoms with Crippen LogP contribution in [0.4, 0.5) is 0 Å². The molecule has 0 saturated carbocycles. The van der Waals surface area contributed by atoms with E-state index in [1.54, 1.807) is 6.92 Å². The van der Waals surface area contributed by atoms with Gasteiger partial charge in [-0.1, -0.05) is 6.92 Å². The van der Waals surface area contributed by atoms with Crippen LogP contribution in [-0.2, 0) is 24.0 Å². The van der Waals surface area contributed by atoms with Crippen LogP contribution in [0.1, 0.15) is 32.6 Å². The number of amides is 1. The van der Waals surface area contributed by atoms with E-state index >= 15 is 0 Å². The number of carbonyl (C=O) groups excluding carboxylic acids is 3. The fourth-order valence-corrected chi connectivity index (χ4v) is 0.716. The largest absolute Gasteiger partial charge is 0.469 e. The van der Waals surface area contributed by atoms with Crippen LogP contribution in [0.25, 0.3) is 0 Å². The first-order chi connectivity index (χ1) is 7.10. The standard InChI is InChI=1S/C9H15NO5/c1-3-7(11)10-15-9(13)6-4-5-8(12)14-2/h3-6H2,1-2H3,(H,10,11). The van der Waals surface area contributed by atoms with Crippen molar-refractivity contribution in [3.63, 3.8) is 0 Å². The third kappa shape index (κ3) is 7.48. The molecule has 0 unspecified atom stereocenters. The Morgan fingerprint density at radius 2 is 1.73 bits per heavy atom. The highest BCUT2D eigenvalue weighted by Gasteiger charge is 2.07. The lowest BCUT2D eigenvalue weighted by Crippen LogP contribution is -2.26. The van der Waals surface area contributed by atoms with Gasteiger partial charge in [-0.2, -0.15) is 5.48 Å². The molecular formula is C9H15NO5. The fraction of sp³-hybridized carbons (Fsp3) is 0.667. The van der Waals surface area contributed by atoms with Crippen molar-refractivity contribution in [1.82, 2.24) is 5.48 Å². The summed E-state index contributed by atoms with van der Waals surface area (Å²) in [7, 11) is 1.28. The zero-order valence-electron chi connectivity index (χ0n) is 8.87. The average molecular weight is 217 g/mol. The smallest absolute Gasteiger partial charge is 0.332 e. The van der Waals surface area contributed by atoms with E-state index in [2.05, 4.69) is 9.57 Å². The number of ether oxygens (including phenoxy) is 1. The van der Waals surface area contributed by atoms with Crippen molar-refractivity contribution in [2.75, 3.05) is 7.11 Å². The summed E-state index contributed by atoms with van der Waals surface area (Å²) in [5, 5.41) is 0. The molecule has 0 fully saturated rings. The number of carbonyl (C=O) groups is 3. The monoisotopic (exact) mass is 217 g/mol. The molecule has 0 aromatic carbocycles. The van der Waals surface area contributed by atoms with Crippen molar-refractivity contribution >= 4 is 17.8 Å². The molecule has 0 radical (unpaired) electrons. The van der Waals surface area contributed by atoms with Crippen LogP contribution in [0.15, 0.2) is 0 Å². The van der Waals surface area contributed by atoms with Gasteiger partial charge in [0.15, 0.2) is 0 Å². The van der Waals surface area contributed by atoms with Crippen LogP contribution < -0.4 is 5.48 Å². The van der Waals surface area contributed by atoms with Gasteiger partial charge in [0.25, 0.3) is 5.91 Å². The molecule has 6 heteroatoms. The molecule has 0 rings (SSSR count). The van der Waals surface area contributed by atoms with E-state index < -0.39 is 5.97 Å². The van der Waals surface area contributed by atoms with Crippen molar-refractivity contribution in [1.29, 1.82) is 0 Å². The molecule has 0 aliphatic rings. The topological polar surface area (TPSA) is 81.7 Å². The lowest BCUT2D eigenvalue weighted by Gasteiger charge is -2.03. The summed E-state index contributed by atoms with van der Waals surface area (Å²) < 4.78 is 4.39. The number of methoxy groups -OCH3 is 1. The molecule has 0 saturated heterocycles. The lowest BCUT2D eigenvalue weighted by atomic mass is 10.2. The third-order valence-electron chi connectivity index (χ3n) is 1.59. The molecule has 0 atom stereocenters. The Morgan fingerprint density at radius 3 is 2.27 bits per heavy atom. The third-order valence-corrected chi connectivity index (χ3v) is 1.59. The number of nitrogens with one attached hydrogen (secondary N) is 1. The molecule has 0 spiro atoms. The van der Waals surface area contributed by atoms with Crippen molar-refractivity contribution < 1.29 is 24.0 Å². The van der Waals surface area contributed by atoms with Gasteiger partial charge < -0.3 is 9.57 Å². The molecule has 6 nitrogen and oxygen atoms in total. The Hall–Kier alpha value is -1.59. The Balaban J connectivity index is 3.49. The second kappa shape index (κ2) is 7.78. The van der Waals surface area contributed by atoms with Gasteiger partial charge in [0, 0.05) is 19.3 Å². The molecule has 0 heterocycles. The quantitative estimate of drug-likeness (QED) is 0.529.